The fraction of sp³-hybridized carbons (Fsp3) is 0.182. The lowest BCUT2D eigenvalue weighted by molar-refractivity contribution is 0.299. The number of oxazole rings is 1. The number of sulfone groups is 1. The van der Waals surface area contributed by atoms with E-state index in [-0.39, 0.29) is 22.5 Å². The summed E-state index contributed by atoms with van der Waals surface area (Å²) in [6.07, 6.45) is 6.69. The van der Waals surface area contributed by atoms with Crippen LogP contribution in [0.1, 0.15) is 6.92 Å². The van der Waals surface area contributed by atoms with Crippen LogP contribution in [-0.4, -0.2) is 35.3 Å². The third-order valence-corrected chi connectivity index (χ3v) is 6.46. The summed E-state index contributed by atoms with van der Waals surface area (Å²) in [4.78, 5) is 8.35. The summed E-state index contributed by atoms with van der Waals surface area (Å²) >= 11 is 0. The molecule has 8 nitrogen and oxygen atoms in total. The molecule has 32 heavy (non-hydrogen) atoms. The minimum atomic E-state index is -3.42. The minimum absolute atomic E-state index is 0.0268. The van der Waals surface area contributed by atoms with E-state index in [1.165, 1.54) is 30.5 Å². The van der Waals surface area contributed by atoms with Gasteiger partial charge in [-0.2, -0.15) is 0 Å². The molecule has 0 bridgehead atoms. The van der Waals surface area contributed by atoms with Crippen LogP contribution in [0, 0.1) is 5.82 Å². The normalized spacial score (nSPS) is 11.4. The van der Waals surface area contributed by atoms with Crippen LogP contribution in [0.4, 0.5) is 16.1 Å². The number of hydrogen-bond acceptors (Lipinski definition) is 7. The van der Waals surface area contributed by atoms with Crippen molar-refractivity contribution in [2.45, 2.75) is 18.4 Å². The Labute approximate surface area is 184 Å². The molecule has 0 aliphatic carbocycles. The Hall–Kier alpha value is -3.66. The van der Waals surface area contributed by atoms with E-state index >= 15 is 0 Å². The van der Waals surface area contributed by atoms with E-state index in [0.717, 1.165) is 0 Å². The Morgan fingerprint density at radius 1 is 1.19 bits per heavy atom. The second-order valence-electron chi connectivity index (χ2n) is 6.87. The number of nitrogens with zero attached hydrogens (tertiary/aromatic N) is 3. The van der Waals surface area contributed by atoms with Crippen molar-refractivity contribution in [1.29, 1.82) is 0 Å². The molecule has 4 aromatic rings. The molecule has 0 saturated heterocycles. The molecule has 2 aromatic heterocycles. The highest BCUT2D eigenvalue weighted by molar-refractivity contribution is 7.91. The topological polar surface area (TPSA) is 99.2 Å². The predicted molar refractivity (Wildman–Crippen MR) is 117 cm³/mol. The molecule has 0 amide bonds. The Balaban J connectivity index is 1.58. The molecule has 0 aliphatic rings. The van der Waals surface area contributed by atoms with Gasteiger partial charge in [0.25, 0.3) is 6.01 Å². The maximum absolute atomic E-state index is 13.2. The molecule has 4 rings (SSSR count). The van der Waals surface area contributed by atoms with Gasteiger partial charge in [-0.3, -0.25) is 0 Å². The number of aromatic nitrogens is 3. The summed E-state index contributed by atoms with van der Waals surface area (Å²) in [6, 6.07) is 10.6. The van der Waals surface area contributed by atoms with E-state index in [4.69, 9.17) is 9.15 Å². The van der Waals surface area contributed by atoms with Crippen LogP contribution in [0.25, 0.3) is 11.3 Å². The average molecular weight is 456 g/mol. The van der Waals surface area contributed by atoms with Crippen LogP contribution in [0.3, 0.4) is 0 Å². The predicted octanol–water partition coefficient (Wildman–Crippen LogP) is 4.29. The molecular formula is C22H21FN4O4S. The molecule has 2 heterocycles. The molecular weight excluding hydrogens is 435 g/mol. The highest BCUT2D eigenvalue weighted by atomic mass is 32.2. The van der Waals surface area contributed by atoms with Crippen molar-refractivity contribution in [2.24, 2.45) is 0 Å². The molecule has 0 aliphatic heterocycles. The first-order chi connectivity index (χ1) is 15.4. The fourth-order valence-corrected chi connectivity index (χ4v) is 3.87. The number of benzene rings is 2. The molecule has 166 valence electrons. The molecule has 0 radical (unpaired) electrons. The first-order valence-electron chi connectivity index (χ1n) is 9.89. The quantitative estimate of drug-likeness (QED) is 0.401. The van der Waals surface area contributed by atoms with Crippen LogP contribution in [0.2, 0.25) is 0 Å². The molecule has 0 atom stereocenters. The summed E-state index contributed by atoms with van der Waals surface area (Å²) in [5, 5.41) is 2.99. The highest BCUT2D eigenvalue weighted by Gasteiger charge is 2.17. The molecule has 1 N–H and O–H groups in total. The van der Waals surface area contributed by atoms with Crippen molar-refractivity contribution in [3.8, 4) is 17.1 Å². The van der Waals surface area contributed by atoms with Gasteiger partial charge in [0.15, 0.2) is 15.6 Å². The van der Waals surface area contributed by atoms with Crippen molar-refractivity contribution in [1.82, 2.24) is 14.5 Å². The SMILES string of the molecule is CCS(=O)(=O)c1ccc(OCCn2ccnc2)c(Nc2ncc(-c3ccc(F)cc3)o2)c1. The van der Waals surface area contributed by atoms with Gasteiger partial charge in [-0.1, -0.05) is 6.92 Å². The first kappa shape index (κ1) is 21.6. The van der Waals surface area contributed by atoms with Crippen molar-refractivity contribution in [3.63, 3.8) is 0 Å². The van der Waals surface area contributed by atoms with Crippen LogP contribution >= 0.6 is 0 Å². The number of anilines is 2. The standard InChI is InChI=1S/C22H21FN4O4S/c1-2-32(28,29)18-7-8-20(30-12-11-27-10-9-24-15-27)19(13-18)26-22-25-14-21(31-22)16-3-5-17(23)6-4-16/h3-10,13-15H,2,11-12H2,1H3,(H,25,26). The minimum Gasteiger partial charge on any atom is -0.490 e. The van der Waals surface area contributed by atoms with E-state index in [9.17, 15) is 12.8 Å². The maximum Gasteiger partial charge on any atom is 0.299 e. The van der Waals surface area contributed by atoms with Crippen LogP contribution in [-0.2, 0) is 16.4 Å². The third-order valence-electron chi connectivity index (χ3n) is 4.73. The van der Waals surface area contributed by atoms with Gasteiger partial charge in [0.2, 0.25) is 0 Å². The van der Waals surface area contributed by atoms with Crippen LogP contribution in [0.5, 0.6) is 5.75 Å². The Morgan fingerprint density at radius 2 is 2.00 bits per heavy atom. The van der Waals surface area contributed by atoms with Crippen molar-refractivity contribution in [3.05, 3.63) is 73.2 Å². The smallest absolute Gasteiger partial charge is 0.299 e. The van der Waals surface area contributed by atoms with Gasteiger partial charge < -0.3 is 19.0 Å². The monoisotopic (exact) mass is 456 g/mol. The number of hydrogen-bond donors (Lipinski definition) is 1. The van der Waals surface area contributed by atoms with Gasteiger partial charge in [0.1, 0.15) is 18.2 Å². The van der Waals surface area contributed by atoms with Crippen molar-refractivity contribution >= 4 is 21.5 Å². The Kier molecular flexibility index (Phi) is 6.22. The number of nitrogens with one attached hydrogen (secondary N) is 1. The van der Waals surface area contributed by atoms with E-state index in [1.807, 2.05) is 10.8 Å². The van der Waals surface area contributed by atoms with Gasteiger partial charge in [0, 0.05) is 18.0 Å². The molecule has 2 aromatic carbocycles. The summed E-state index contributed by atoms with van der Waals surface area (Å²) in [5.74, 6) is 0.508. The Bertz CT molecular complexity index is 1290. The number of halogens is 1. The lowest BCUT2D eigenvalue weighted by atomic mass is 10.2. The van der Waals surface area contributed by atoms with Crippen LogP contribution < -0.4 is 10.1 Å². The number of imidazole rings is 1. The van der Waals surface area contributed by atoms with E-state index < -0.39 is 9.84 Å². The van der Waals surface area contributed by atoms with Gasteiger partial charge in [0.05, 0.1) is 35.4 Å². The zero-order valence-electron chi connectivity index (χ0n) is 17.2. The summed E-state index contributed by atoms with van der Waals surface area (Å²) in [7, 11) is -3.42. The summed E-state index contributed by atoms with van der Waals surface area (Å²) in [6.45, 7) is 2.50. The van der Waals surface area contributed by atoms with Crippen molar-refractivity contribution in [2.75, 3.05) is 17.7 Å². The average Bonchev–Trinajstić information content (AvgIpc) is 3.47. The first-order valence-corrected chi connectivity index (χ1v) is 11.5. The molecule has 10 heteroatoms. The summed E-state index contributed by atoms with van der Waals surface area (Å²) < 4.78 is 51.3. The van der Waals surface area contributed by atoms with Gasteiger partial charge in [-0.15, -0.1) is 0 Å². The van der Waals surface area contributed by atoms with E-state index in [0.29, 0.717) is 35.9 Å². The highest BCUT2D eigenvalue weighted by Crippen LogP contribution is 2.32. The molecule has 0 saturated carbocycles. The number of ether oxygens (including phenoxy) is 1. The van der Waals surface area contributed by atoms with Crippen LogP contribution in [0.15, 0.2) is 76.7 Å². The largest absolute Gasteiger partial charge is 0.490 e. The summed E-state index contributed by atoms with van der Waals surface area (Å²) in [5.41, 5.74) is 1.06. The maximum atomic E-state index is 13.2. The zero-order valence-corrected chi connectivity index (χ0v) is 18.0. The zero-order chi connectivity index (χ0) is 22.6. The van der Waals surface area contributed by atoms with Gasteiger partial charge >= 0.3 is 0 Å². The van der Waals surface area contributed by atoms with Crippen molar-refractivity contribution < 1.29 is 22.0 Å². The van der Waals surface area contributed by atoms with E-state index in [1.54, 1.807) is 37.6 Å². The second kappa shape index (κ2) is 9.23. The molecule has 0 spiro atoms. The number of rotatable bonds is 9. The molecule has 0 fully saturated rings. The van der Waals surface area contributed by atoms with Gasteiger partial charge in [-0.05, 0) is 42.5 Å². The lowest BCUT2D eigenvalue weighted by Gasteiger charge is -2.13. The third kappa shape index (κ3) is 4.97. The molecule has 0 unspecified atom stereocenters. The second-order valence-corrected chi connectivity index (χ2v) is 9.15. The lowest BCUT2D eigenvalue weighted by Crippen LogP contribution is -2.09. The fourth-order valence-electron chi connectivity index (χ4n) is 2.97. The van der Waals surface area contributed by atoms with Gasteiger partial charge in [-0.25, -0.2) is 22.8 Å². The Morgan fingerprint density at radius 3 is 2.72 bits per heavy atom. The van der Waals surface area contributed by atoms with E-state index in [2.05, 4.69) is 15.3 Å².